The molecule has 5 nitrogen and oxygen atoms in total. The molecule has 1 fully saturated rings. The van der Waals surface area contributed by atoms with Gasteiger partial charge in [-0.3, -0.25) is 0 Å². The van der Waals surface area contributed by atoms with Crippen molar-refractivity contribution in [1.82, 2.24) is 9.97 Å². The Labute approximate surface area is 109 Å². The lowest BCUT2D eigenvalue weighted by atomic mass is 10.0. The number of nitrogens with one attached hydrogen (secondary N) is 1. The van der Waals surface area contributed by atoms with Crippen molar-refractivity contribution in [1.29, 1.82) is 0 Å². The number of nitrogens with zero attached hydrogens (tertiary/aromatic N) is 3. The summed E-state index contributed by atoms with van der Waals surface area (Å²) in [6.45, 7) is 1.11. The molecule has 1 aromatic rings. The Kier molecular flexibility index (Phi) is 4.17. The molecule has 2 heterocycles. The van der Waals surface area contributed by atoms with Gasteiger partial charge in [0.05, 0.1) is 12.6 Å². The third kappa shape index (κ3) is 2.52. The minimum absolute atomic E-state index is 0.166. The van der Waals surface area contributed by atoms with Gasteiger partial charge in [0.15, 0.2) is 0 Å². The molecule has 0 radical (unpaired) electrons. The van der Waals surface area contributed by atoms with Crippen LogP contribution in [0.2, 0.25) is 0 Å². The molecule has 1 aliphatic rings. The SMILES string of the molecule is CNc1ncnc(N2CCCCC2CO)c1Br. The van der Waals surface area contributed by atoms with Crippen LogP contribution in [-0.2, 0) is 0 Å². The second kappa shape index (κ2) is 5.64. The van der Waals surface area contributed by atoms with Crippen LogP contribution in [0.3, 0.4) is 0 Å². The van der Waals surface area contributed by atoms with E-state index < -0.39 is 0 Å². The third-order valence-corrected chi connectivity index (χ3v) is 3.85. The molecule has 1 atom stereocenters. The highest BCUT2D eigenvalue weighted by Gasteiger charge is 2.25. The van der Waals surface area contributed by atoms with Crippen LogP contribution in [0.1, 0.15) is 19.3 Å². The fraction of sp³-hybridized carbons (Fsp3) is 0.636. The summed E-state index contributed by atoms with van der Waals surface area (Å²) in [6, 6.07) is 0.166. The maximum Gasteiger partial charge on any atom is 0.148 e. The van der Waals surface area contributed by atoms with Gasteiger partial charge in [-0.2, -0.15) is 0 Å². The molecule has 0 amide bonds. The zero-order chi connectivity index (χ0) is 12.3. The van der Waals surface area contributed by atoms with E-state index in [9.17, 15) is 5.11 Å². The number of halogens is 1. The highest BCUT2D eigenvalue weighted by atomic mass is 79.9. The highest BCUT2D eigenvalue weighted by Crippen LogP contribution is 2.32. The maximum absolute atomic E-state index is 9.42. The van der Waals surface area contributed by atoms with Crippen LogP contribution in [0.4, 0.5) is 11.6 Å². The Hall–Kier alpha value is -0.880. The third-order valence-electron chi connectivity index (χ3n) is 3.12. The van der Waals surface area contributed by atoms with Gasteiger partial charge in [-0.05, 0) is 35.2 Å². The van der Waals surface area contributed by atoms with E-state index in [1.54, 1.807) is 6.33 Å². The van der Waals surface area contributed by atoms with E-state index in [1.165, 1.54) is 6.42 Å². The number of aliphatic hydroxyl groups is 1. The number of rotatable bonds is 3. The van der Waals surface area contributed by atoms with E-state index in [4.69, 9.17) is 0 Å². The Morgan fingerprint density at radius 3 is 3.06 bits per heavy atom. The lowest BCUT2D eigenvalue weighted by Crippen LogP contribution is -2.42. The predicted molar refractivity (Wildman–Crippen MR) is 71.3 cm³/mol. The molecule has 0 saturated carbocycles. The van der Waals surface area contributed by atoms with Gasteiger partial charge in [0.2, 0.25) is 0 Å². The van der Waals surface area contributed by atoms with E-state index in [0.29, 0.717) is 0 Å². The number of hydrogen-bond donors (Lipinski definition) is 2. The summed E-state index contributed by atoms with van der Waals surface area (Å²) < 4.78 is 0.864. The monoisotopic (exact) mass is 300 g/mol. The lowest BCUT2D eigenvalue weighted by Gasteiger charge is -2.36. The minimum Gasteiger partial charge on any atom is -0.394 e. The summed E-state index contributed by atoms with van der Waals surface area (Å²) in [6.07, 6.45) is 4.88. The first-order valence-electron chi connectivity index (χ1n) is 5.83. The van der Waals surface area contributed by atoms with Gasteiger partial charge in [0.1, 0.15) is 22.4 Å². The molecule has 0 aromatic carbocycles. The Morgan fingerprint density at radius 2 is 2.35 bits per heavy atom. The number of aliphatic hydroxyl groups excluding tert-OH is 1. The molecule has 2 rings (SSSR count). The van der Waals surface area contributed by atoms with Crippen LogP contribution in [0.15, 0.2) is 10.8 Å². The minimum atomic E-state index is 0.166. The molecule has 1 saturated heterocycles. The number of piperidine rings is 1. The van der Waals surface area contributed by atoms with E-state index >= 15 is 0 Å². The quantitative estimate of drug-likeness (QED) is 0.888. The summed E-state index contributed by atoms with van der Waals surface area (Å²) in [5.41, 5.74) is 0. The normalized spacial score (nSPS) is 20.4. The average Bonchev–Trinajstić information content (AvgIpc) is 2.39. The summed E-state index contributed by atoms with van der Waals surface area (Å²) in [5.74, 6) is 1.64. The first-order valence-corrected chi connectivity index (χ1v) is 6.63. The first-order chi connectivity index (χ1) is 8.27. The van der Waals surface area contributed by atoms with E-state index in [1.807, 2.05) is 7.05 Å². The van der Waals surface area contributed by atoms with Gasteiger partial charge < -0.3 is 15.3 Å². The van der Waals surface area contributed by atoms with E-state index in [2.05, 4.69) is 36.1 Å². The van der Waals surface area contributed by atoms with Crippen LogP contribution in [0.25, 0.3) is 0 Å². The van der Waals surface area contributed by atoms with E-state index in [-0.39, 0.29) is 12.6 Å². The van der Waals surface area contributed by atoms with Gasteiger partial charge in [-0.25, -0.2) is 9.97 Å². The van der Waals surface area contributed by atoms with Crippen LogP contribution in [0.5, 0.6) is 0 Å². The standard InChI is InChI=1S/C11H17BrN4O/c1-13-10-9(12)11(15-7-14-10)16-5-3-2-4-8(16)6-17/h7-8,17H,2-6H2,1H3,(H,13,14,15). The fourth-order valence-electron chi connectivity index (χ4n) is 2.20. The molecule has 2 N–H and O–H groups in total. The fourth-order valence-corrected chi connectivity index (χ4v) is 2.84. The zero-order valence-electron chi connectivity index (χ0n) is 9.86. The number of anilines is 2. The second-order valence-corrected chi connectivity index (χ2v) is 4.93. The summed E-state index contributed by atoms with van der Waals surface area (Å²) >= 11 is 3.52. The van der Waals surface area contributed by atoms with Crippen molar-refractivity contribution in [3.05, 3.63) is 10.8 Å². The Bertz CT molecular complexity index is 388. The van der Waals surface area contributed by atoms with Crippen molar-refractivity contribution in [2.24, 2.45) is 0 Å². The smallest absolute Gasteiger partial charge is 0.148 e. The number of hydrogen-bond acceptors (Lipinski definition) is 5. The van der Waals surface area contributed by atoms with Crippen LogP contribution in [-0.4, -0.2) is 41.3 Å². The molecule has 0 aliphatic carbocycles. The van der Waals surface area contributed by atoms with E-state index in [0.717, 1.165) is 35.5 Å². The summed E-state index contributed by atoms with van der Waals surface area (Å²) in [5, 5.41) is 12.4. The molecule has 17 heavy (non-hydrogen) atoms. The van der Waals surface area contributed by atoms with Gasteiger partial charge in [-0.1, -0.05) is 0 Å². The zero-order valence-corrected chi connectivity index (χ0v) is 11.4. The maximum atomic E-state index is 9.42. The molecule has 0 spiro atoms. The molecule has 1 aromatic heterocycles. The van der Waals surface area contributed by atoms with Crippen molar-refractivity contribution in [2.45, 2.75) is 25.3 Å². The molecule has 1 unspecified atom stereocenters. The molecular formula is C11H17BrN4O. The largest absolute Gasteiger partial charge is 0.394 e. The summed E-state index contributed by atoms with van der Waals surface area (Å²) in [4.78, 5) is 10.6. The van der Waals surface area contributed by atoms with Gasteiger partial charge in [0, 0.05) is 13.6 Å². The second-order valence-electron chi connectivity index (χ2n) is 4.14. The van der Waals surface area contributed by atoms with Gasteiger partial charge in [-0.15, -0.1) is 0 Å². The molecular weight excluding hydrogens is 284 g/mol. The molecule has 0 bridgehead atoms. The molecule has 6 heteroatoms. The topological polar surface area (TPSA) is 61.3 Å². The van der Waals surface area contributed by atoms with Crippen molar-refractivity contribution in [3.63, 3.8) is 0 Å². The van der Waals surface area contributed by atoms with Crippen molar-refractivity contribution in [3.8, 4) is 0 Å². The molecule has 94 valence electrons. The average molecular weight is 301 g/mol. The van der Waals surface area contributed by atoms with Gasteiger partial charge in [0.25, 0.3) is 0 Å². The lowest BCUT2D eigenvalue weighted by molar-refractivity contribution is 0.239. The highest BCUT2D eigenvalue weighted by molar-refractivity contribution is 9.10. The molecule has 1 aliphatic heterocycles. The predicted octanol–water partition coefficient (Wildman–Crippen LogP) is 1.63. The van der Waals surface area contributed by atoms with Crippen molar-refractivity contribution >= 4 is 27.6 Å². The van der Waals surface area contributed by atoms with Crippen molar-refractivity contribution < 1.29 is 5.11 Å². The van der Waals surface area contributed by atoms with Crippen molar-refractivity contribution in [2.75, 3.05) is 30.4 Å². The van der Waals surface area contributed by atoms with Crippen LogP contribution < -0.4 is 10.2 Å². The first kappa shape index (κ1) is 12.6. The number of aromatic nitrogens is 2. The van der Waals surface area contributed by atoms with Crippen LogP contribution >= 0.6 is 15.9 Å². The Balaban J connectivity index is 2.31. The van der Waals surface area contributed by atoms with Gasteiger partial charge >= 0.3 is 0 Å². The van der Waals surface area contributed by atoms with Crippen LogP contribution in [0, 0.1) is 0 Å². The Morgan fingerprint density at radius 1 is 1.53 bits per heavy atom. The summed E-state index contributed by atoms with van der Waals surface area (Å²) in [7, 11) is 1.83.